The lowest BCUT2D eigenvalue weighted by Gasteiger charge is -2.31. The van der Waals surface area contributed by atoms with Crippen LogP contribution in [0.1, 0.15) is 34.6 Å². The van der Waals surface area contributed by atoms with Crippen molar-refractivity contribution in [2.75, 3.05) is 19.6 Å². The van der Waals surface area contributed by atoms with E-state index in [1.165, 1.54) is 12.1 Å². The van der Waals surface area contributed by atoms with Gasteiger partial charge < -0.3 is 0 Å². The summed E-state index contributed by atoms with van der Waals surface area (Å²) in [4.78, 5) is 2.32. The minimum atomic E-state index is -4.33. The molecule has 0 atom stereocenters. The molecule has 0 amide bonds. The van der Waals surface area contributed by atoms with Crippen molar-refractivity contribution >= 4 is 28.8 Å². The van der Waals surface area contributed by atoms with Gasteiger partial charge in [0.1, 0.15) is 0 Å². The monoisotopic (exact) mass is 475 g/mol. The summed E-state index contributed by atoms with van der Waals surface area (Å²) in [6.45, 7) is 2.25. The first-order valence-corrected chi connectivity index (χ1v) is 11.1. The first-order valence-electron chi connectivity index (χ1n) is 10.4. The van der Waals surface area contributed by atoms with Gasteiger partial charge in [0.25, 0.3) is 0 Å². The molecule has 0 bridgehead atoms. The van der Waals surface area contributed by atoms with E-state index in [4.69, 9.17) is 23.2 Å². The summed E-state index contributed by atoms with van der Waals surface area (Å²) in [5.41, 5.74) is 3.31. The maximum absolute atomic E-state index is 13.1. The standard InChI is InChI=1S/C26H22Cl2F3N/c27-23-8-4-19(5-9-23)25(20-6-10-24(28)11-7-20)17-32-14-12-18(13-15-32)21-2-1-3-22(16-21)26(29,30)31/h1-12,16,25H,13-15,17H2. The highest BCUT2D eigenvalue weighted by Crippen LogP contribution is 2.33. The number of rotatable bonds is 5. The van der Waals surface area contributed by atoms with Gasteiger partial charge in [0, 0.05) is 35.6 Å². The SMILES string of the molecule is FC(F)(F)c1cccc(C2=CCN(CC(c3ccc(Cl)cc3)c3ccc(Cl)cc3)CC2)c1. The second-order valence-corrected chi connectivity index (χ2v) is 8.85. The van der Waals surface area contributed by atoms with E-state index in [1.807, 2.05) is 54.6 Å². The molecule has 3 aromatic rings. The lowest BCUT2D eigenvalue weighted by Crippen LogP contribution is -2.33. The molecule has 0 saturated heterocycles. The number of halogens is 5. The van der Waals surface area contributed by atoms with E-state index < -0.39 is 11.7 Å². The Morgan fingerprint density at radius 3 is 1.94 bits per heavy atom. The van der Waals surface area contributed by atoms with Crippen molar-refractivity contribution in [2.45, 2.75) is 18.5 Å². The fourth-order valence-corrected chi connectivity index (χ4v) is 4.34. The summed E-state index contributed by atoms with van der Waals surface area (Å²) in [5.74, 6) is 0.132. The molecule has 0 spiro atoms. The highest BCUT2D eigenvalue weighted by molar-refractivity contribution is 6.30. The normalized spacial score (nSPS) is 15.1. The predicted octanol–water partition coefficient (Wildman–Crippen LogP) is 7.93. The average Bonchev–Trinajstić information content (AvgIpc) is 2.79. The van der Waals surface area contributed by atoms with Crippen LogP contribution in [0.5, 0.6) is 0 Å². The molecule has 1 nitrogen and oxygen atoms in total. The minimum absolute atomic E-state index is 0.132. The fourth-order valence-electron chi connectivity index (χ4n) is 4.09. The van der Waals surface area contributed by atoms with Gasteiger partial charge in [0.15, 0.2) is 0 Å². The van der Waals surface area contributed by atoms with E-state index in [0.717, 1.165) is 35.9 Å². The van der Waals surface area contributed by atoms with Crippen LogP contribution in [-0.2, 0) is 6.18 Å². The maximum atomic E-state index is 13.1. The number of alkyl halides is 3. The molecule has 1 heterocycles. The topological polar surface area (TPSA) is 3.24 Å². The third kappa shape index (κ3) is 5.55. The van der Waals surface area contributed by atoms with Gasteiger partial charge in [0.05, 0.1) is 5.56 Å². The van der Waals surface area contributed by atoms with E-state index in [9.17, 15) is 13.2 Å². The zero-order valence-electron chi connectivity index (χ0n) is 17.2. The highest BCUT2D eigenvalue weighted by Gasteiger charge is 2.30. The van der Waals surface area contributed by atoms with Crippen LogP contribution in [0.2, 0.25) is 10.0 Å². The van der Waals surface area contributed by atoms with Crippen molar-refractivity contribution in [2.24, 2.45) is 0 Å². The molecule has 0 aliphatic carbocycles. The summed E-state index contributed by atoms with van der Waals surface area (Å²) in [5, 5.41) is 1.38. The van der Waals surface area contributed by atoms with Crippen LogP contribution >= 0.6 is 23.2 Å². The van der Waals surface area contributed by atoms with Crippen LogP contribution in [0.25, 0.3) is 5.57 Å². The van der Waals surface area contributed by atoms with Gasteiger partial charge in [-0.3, -0.25) is 4.90 Å². The van der Waals surface area contributed by atoms with Crippen LogP contribution in [0.3, 0.4) is 0 Å². The van der Waals surface area contributed by atoms with Crippen molar-refractivity contribution in [3.8, 4) is 0 Å². The molecule has 3 aromatic carbocycles. The molecule has 4 rings (SSSR count). The Morgan fingerprint density at radius 2 is 1.44 bits per heavy atom. The van der Waals surface area contributed by atoms with Gasteiger partial charge in [-0.1, -0.05) is 65.7 Å². The average molecular weight is 476 g/mol. The highest BCUT2D eigenvalue weighted by atomic mass is 35.5. The van der Waals surface area contributed by atoms with Gasteiger partial charge in [0.2, 0.25) is 0 Å². The molecule has 6 heteroatoms. The molecule has 32 heavy (non-hydrogen) atoms. The van der Waals surface area contributed by atoms with Crippen LogP contribution in [-0.4, -0.2) is 24.5 Å². The summed E-state index contributed by atoms with van der Waals surface area (Å²) in [6.07, 6.45) is -1.59. The molecule has 0 fully saturated rings. The van der Waals surface area contributed by atoms with Crippen LogP contribution in [0, 0.1) is 0 Å². The lowest BCUT2D eigenvalue weighted by molar-refractivity contribution is -0.137. The fraction of sp³-hybridized carbons (Fsp3) is 0.231. The molecule has 1 aliphatic heterocycles. The Balaban J connectivity index is 1.53. The molecule has 0 unspecified atom stereocenters. The molecule has 1 aliphatic rings. The molecular formula is C26H22Cl2F3N. The largest absolute Gasteiger partial charge is 0.416 e. The van der Waals surface area contributed by atoms with Crippen molar-refractivity contribution in [3.05, 3.63) is 111 Å². The molecule has 166 valence electrons. The third-order valence-corrected chi connectivity index (χ3v) is 6.34. The first-order chi connectivity index (χ1) is 15.3. The van der Waals surface area contributed by atoms with E-state index in [-0.39, 0.29) is 5.92 Å². The van der Waals surface area contributed by atoms with Gasteiger partial charge in [-0.15, -0.1) is 0 Å². The zero-order valence-corrected chi connectivity index (χ0v) is 18.8. The Hall–Kier alpha value is -2.27. The summed E-state index contributed by atoms with van der Waals surface area (Å²) in [7, 11) is 0. The number of hydrogen-bond donors (Lipinski definition) is 0. The van der Waals surface area contributed by atoms with E-state index in [1.54, 1.807) is 6.07 Å². The van der Waals surface area contributed by atoms with E-state index in [2.05, 4.69) is 4.90 Å². The summed E-state index contributed by atoms with van der Waals surface area (Å²) >= 11 is 12.2. The Labute approximate surface area is 196 Å². The molecule has 0 N–H and O–H groups in total. The Kier molecular flexibility index (Phi) is 6.94. The van der Waals surface area contributed by atoms with Crippen LogP contribution in [0.4, 0.5) is 13.2 Å². The Morgan fingerprint density at radius 1 is 0.844 bits per heavy atom. The lowest BCUT2D eigenvalue weighted by atomic mass is 9.90. The third-order valence-electron chi connectivity index (χ3n) is 5.84. The van der Waals surface area contributed by atoms with Gasteiger partial charge in [-0.2, -0.15) is 13.2 Å². The zero-order chi connectivity index (χ0) is 22.7. The van der Waals surface area contributed by atoms with Crippen LogP contribution < -0.4 is 0 Å². The van der Waals surface area contributed by atoms with Gasteiger partial charge in [-0.05, 0) is 65.1 Å². The Bertz CT molecular complexity index is 1040. The first kappa shape index (κ1) is 22.9. The second-order valence-electron chi connectivity index (χ2n) is 7.97. The van der Waals surface area contributed by atoms with Crippen molar-refractivity contribution in [3.63, 3.8) is 0 Å². The molecule has 0 radical (unpaired) electrons. The smallest absolute Gasteiger partial charge is 0.298 e. The number of nitrogens with zero attached hydrogens (tertiary/aromatic N) is 1. The van der Waals surface area contributed by atoms with Gasteiger partial charge >= 0.3 is 6.18 Å². The number of benzene rings is 3. The molecular weight excluding hydrogens is 454 g/mol. The molecule has 0 saturated carbocycles. The van der Waals surface area contributed by atoms with Crippen molar-refractivity contribution < 1.29 is 13.2 Å². The maximum Gasteiger partial charge on any atom is 0.416 e. The van der Waals surface area contributed by atoms with E-state index in [0.29, 0.717) is 28.6 Å². The molecule has 0 aromatic heterocycles. The van der Waals surface area contributed by atoms with Gasteiger partial charge in [-0.25, -0.2) is 0 Å². The van der Waals surface area contributed by atoms with Crippen molar-refractivity contribution in [1.82, 2.24) is 4.90 Å². The second kappa shape index (κ2) is 9.70. The quantitative estimate of drug-likeness (QED) is 0.362. The number of hydrogen-bond acceptors (Lipinski definition) is 1. The minimum Gasteiger partial charge on any atom is -0.298 e. The predicted molar refractivity (Wildman–Crippen MR) is 125 cm³/mol. The summed E-state index contributed by atoms with van der Waals surface area (Å²) < 4.78 is 39.2. The summed E-state index contributed by atoms with van der Waals surface area (Å²) in [6, 6.07) is 21.3. The van der Waals surface area contributed by atoms with Crippen molar-refractivity contribution in [1.29, 1.82) is 0 Å². The van der Waals surface area contributed by atoms with E-state index >= 15 is 0 Å². The van der Waals surface area contributed by atoms with Crippen LogP contribution in [0.15, 0.2) is 78.9 Å².